The molecule has 2 saturated heterocycles. The second-order valence-electron chi connectivity index (χ2n) is 5.29. The highest BCUT2D eigenvalue weighted by Crippen LogP contribution is 2.45. The van der Waals surface area contributed by atoms with Crippen LogP contribution in [0.1, 0.15) is 24.8 Å². The first kappa shape index (κ1) is 11.1. The molecular weight excluding hydrogens is 212 g/mol. The zero-order chi connectivity index (χ0) is 11.9. The van der Waals surface area contributed by atoms with Gasteiger partial charge in [0.25, 0.3) is 0 Å². The summed E-state index contributed by atoms with van der Waals surface area (Å²) in [6.45, 7) is 0.717. The van der Waals surface area contributed by atoms with E-state index < -0.39 is 0 Å². The molecule has 2 fully saturated rings. The van der Waals surface area contributed by atoms with Crippen LogP contribution in [-0.2, 0) is 5.41 Å². The number of nitrogens with one attached hydrogen (secondary N) is 1. The maximum absolute atomic E-state index is 6.10. The van der Waals surface area contributed by atoms with E-state index in [-0.39, 0.29) is 5.41 Å². The van der Waals surface area contributed by atoms with E-state index in [2.05, 4.69) is 23.5 Å². The van der Waals surface area contributed by atoms with Crippen LogP contribution in [-0.4, -0.2) is 25.7 Å². The molecule has 0 radical (unpaired) electrons. The predicted octanol–water partition coefficient (Wildman–Crippen LogP) is 1.42. The van der Waals surface area contributed by atoms with Gasteiger partial charge in [-0.2, -0.15) is 0 Å². The number of hydrogen-bond donors (Lipinski definition) is 2. The number of nitrogens with two attached hydrogens (primary N) is 1. The lowest BCUT2D eigenvalue weighted by atomic mass is 9.69. The summed E-state index contributed by atoms with van der Waals surface area (Å²) in [5.74, 6) is 0.929. The molecule has 1 aromatic carbocycles. The van der Waals surface area contributed by atoms with Crippen LogP contribution in [0.2, 0.25) is 0 Å². The van der Waals surface area contributed by atoms with Crippen LogP contribution in [0.3, 0.4) is 0 Å². The van der Waals surface area contributed by atoms with Gasteiger partial charge < -0.3 is 15.8 Å². The Balaban J connectivity index is 2.00. The van der Waals surface area contributed by atoms with Crippen molar-refractivity contribution >= 4 is 0 Å². The van der Waals surface area contributed by atoms with Gasteiger partial charge in [-0.1, -0.05) is 12.1 Å². The molecule has 3 heteroatoms. The Kier molecular flexibility index (Phi) is 2.60. The average Bonchev–Trinajstić information content (AvgIpc) is 2.99. The molecule has 3 unspecified atom stereocenters. The van der Waals surface area contributed by atoms with Crippen LogP contribution in [0.25, 0.3) is 0 Å². The highest BCUT2D eigenvalue weighted by atomic mass is 16.5. The number of hydrogen-bond acceptors (Lipinski definition) is 3. The molecule has 0 spiro atoms. The SMILES string of the molecule is COc1cccc(C2(CN)CC3CCC2N3)c1. The van der Waals surface area contributed by atoms with Crippen molar-refractivity contribution < 1.29 is 4.74 Å². The maximum Gasteiger partial charge on any atom is 0.119 e. The summed E-state index contributed by atoms with van der Waals surface area (Å²) in [5.41, 5.74) is 7.55. The number of ether oxygens (including phenoxy) is 1. The van der Waals surface area contributed by atoms with Crippen LogP contribution in [0.15, 0.2) is 24.3 Å². The first-order chi connectivity index (χ1) is 8.28. The quantitative estimate of drug-likeness (QED) is 0.828. The highest BCUT2D eigenvalue weighted by Gasteiger charge is 2.50. The number of rotatable bonds is 3. The van der Waals surface area contributed by atoms with E-state index in [1.807, 2.05) is 6.07 Å². The monoisotopic (exact) mass is 232 g/mol. The van der Waals surface area contributed by atoms with Crippen LogP contribution >= 0.6 is 0 Å². The van der Waals surface area contributed by atoms with Gasteiger partial charge in [-0.05, 0) is 37.0 Å². The van der Waals surface area contributed by atoms with Crippen molar-refractivity contribution in [3.63, 3.8) is 0 Å². The lowest BCUT2D eigenvalue weighted by Gasteiger charge is -2.36. The van der Waals surface area contributed by atoms with Crippen LogP contribution < -0.4 is 15.8 Å². The molecule has 3 rings (SSSR count). The summed E-state index contributed by atoms with van der Waals surface area (Å²) in [5, 5.41) is 3.68. The smallest absolute Gasteiger partial charge is 0.119 e. The third-order valence-electron chi connectivity index (χ3n) is 4.53. The molecule has 3 N–H and O–H groups in total. The molecule has 3 atom stereocenters. The van der Waals surface area contributed by atoms with Gasteiger partial charge in [-0.15, -0.1) is 0 Å². The fourth-order valence-corrected chi connectivity index (χ4v) is 3.59. The maximum atomic E-state index is 6.10. The zero-order valence-electron chi connectivity index (χ0n) is 10.3. The molecule has 0 saturated carbocycles. The summed E-state index contributed by atoms with van der Waals surface area (Å²) in [7, 11) is 1.72. The Bertz CT molecular complexity index is 420. The second kappa shape index (κ2) is 4.00. The Labute approximate surface area is 102 Å². The molecule has 2 aliphatic heterocycles. The number of fused-ring (bicyclic) bond motifs is 2. The van der Waals surface area contributed by atoms with Crippen molar-refractivity contribution in [2.75, 3.05) is 13.7 Å². The minimum atomic E-state index is 0.122. The Morgan fingerprint density at radius 1 is 1.47 bits per heavy atom. The van der Waals surface area contributed by atoms with Gasteiger partial charge in [0, 0.05) is 24.0 Å². The second-order valence-corrected chi connectivity index (χ2v) is 5.29. The average molecular weight is 232 g/mol. The molecule has 0 aliphatic carbocycles. The molecular formula is C14H20N2O. The van der Waals surface area contributed by atoms with Crippen molar-refractivity contribution in [1.29, 1.82) is 0 Å². The third-order valence-corrected chi connectivity index (χ3v) is 4.53. The van der Waals surface area contributed by atoms with Crippen molar-refractivity contribution in [3.8, 4) is 5.75 Å². The van der Waals surface area contributed by atoms with Crippen LogP contribution in [0, 0.1) is 0 Å². The third kappa shape index (κ3) is 1.57. The first-order valence-electron chi connectivity index (χ1n) is 6.39. The summed E-state index contributed by atoms with van der Waals surface area (Å²) >= 11 is 0. The van der Waals surface area contributed by atoms with Crippen molar-refractivity contribution in [1.82, 2.24) is 5.32 Å². The largest absolute Gasteiger partial charge is 0.497 e. The Morgan fingerprint density at radius 2 is 2.35 bits per heavy atom. The minimum absolute atomic E-state index is 0.122. The number of benzene rings is 1. The normalized spacial score (nSPS) is 35.2. The summed E-state index contributed by atoms with van der Waals surface area (Å²) in [6, 6.07) is 9.61. The van der Waals surface area contributed by atoms with Gasteiger partial charge in [0.1, 0.15) is 5.75 Å². The van der Waals surface area contributed by atoms with E-state index in [1.165, 1.54) is 24.8 Å². The van der Waals surface area contributed by atoms with Crippen LogP contribution in [0.4, 0.5) is 0 Å². The molecule has 0 aromatic heterocycles. The molecule has 2 aliphatic rings. The lowest BCUT2D eigenvalue weighted by Crippen LogP contribution is -2.45. The zero-order valence-corrected chi connectivity index (χ0v) is 10.3. The standard InChI is InChI=1S/C14H20N2O/c1-17-12-4-2-3-10(7-12)14(9-15)8-11-5-6-13(14)16-11/h2-4,7,11,13,16H,5-6,8-9,15H2,1H3. The number of methoxy groups -OCH3 is 1. The van der Waals surface area contributed by atoms with Gasteiger partial charge in [0.2, 0.25) is 0 Å². The van der Waals surface area contributed by atoms with E-state index in [9.17, 15) is 0 Å². The highest BCUT2D eigenvalue weighted by molar-refractivity contribution is 5.38. The predicted molar refractivity (Wildman–Crippen MR) is 68.3 cm³/mol. The Hall–Kier alpha value is -1.06. The van der Waals surface area contributed by atoms with E-state index in [0.717, 1.165) is 5.75 Å². The lowest BCUT2D eigenvalue weighted by molar-refractivity contribution is 0.337. The minimum Gasteiger partial charge on any atom is -0.497 e. The summed E-state index contributed by atoms with van der Waals surface area (Å²) in [6.07, 6.45) is 3.72. The van der Waals surface area contributed by atoms with E-state index in [1.54, 1.807) is 7.11 Å². The molecule has 0 amide bonds. The molecule has 2 heterocycles. The fraction of sp³-hybridized carbons (Fsp3) is 0.571. The van der Waals surface area contributed by atoms with E-state index in [0.29, 0.717) is 18.6 Å². The van der Waals surface area contributed by atoms with Gasteiger partial charge in [-0.3, -0.25) is 0 Å². The van der Waals surface area contributed by atoms with Crippen molar-refractivity contribution in [2.45, 2.75) is 36.8 Å². The van der Waals surface area contributed by atoms with Gasteiger partial charge in [-0.25, -0.2) is 0 Å². The molecule has 17 heavy (non-hydrogen) atoms. The van der Waals surface area contributed by atoms with Crippen LogP contribution in [0.5, 0.6) is 5.75 Å². The molecule has 1 aromatic rings. The molecule has 2 bridgehead atoms. The first-order valence-corrected chi connectivity index (χ1v) is 6.39. The summed E-state index contributed by atoms with van der Waals surface area (Å²) < 4.78 is 5.32. The van der Waals surface area contributed by atoms with Gasteiger partial charge in [0.15, 0.2) is 0 Å². The molecule has 92 valence electrons. The van der Waals surface area contributed by atoms with Gasteiger partial charge in [0.05, 0.1) is 7.11 Å². The van der Waals surface area contributed by atoms with Crippen molar-refractivity contribution in [3.05, 3.63) is 29.8 Å². The fourth-order valence-electron chi connectivity index (χ4n) is 3.59. The molecule has 3 nitrogen and oxygen atoms in total. The van der Waals surface area contributed by atoms with E-state index in [4.69, 9.17) is 10.5 Å². The van der Waals surface area contributed by atoms with Gasteiger partial charge >= 0.3 is 0 Å². The van der Waals surface area contributed by atoms with Crippen molar-refractivity contribution in [2.24, 2.45) is 5.73 Å². The Morgan fingerprint density at radius 3 is 2.94 bits per heavy atom. The van der Waals surface area contributed by atoms with E-state index >= 15 is 0 Å². The topological polar surface area (TPSA) is 47.3 Å². The summed E-state index contributed by atoms with van der Waals surface area (Å²) in [4.78, 5) is 0.